The van der Waals surface area contributed by atoms with Crippen molar-refractivity contribution in [2.24, 2.45) is 11.8 Å². The molecule has 0 bridgehead atoms. The highest BCUT2D eigenvalue weighted by Crippen LogP contribution is 2.58. The number of thiazole rings is 1. The molecule has 0 N–H and O–H groups in total. The van der Waals surface area contributed by atoms with Gasteiger partial charge in [-0.05, 0) is 18.8 Å². The van der Waals surface area contributed by atoms with Crippen LogP contribution in [0.1, 0.15) is 16.6 Å². The fraction of sp³-hybridized carbons (Fsp3) is 0.636. The van der Waals surface area contributed by atoms with E-state index in [4.69, 9.17) is 0 Å². The first-order valence-electron chi connectivity index (χ1n) is 5.66. The molecule has 1 aromatic heterocycles. The van der Waals surface area contributed by atoms with Gasteiger partial charge in [-0.15, -0.1) is 11.3 Å². The summed E-state index contributed by atoms with van der Waals surface area (Å²) in [6, 6.07) is 0. The van der Waals surface area contributed by atoms with E-state index in [2.05, 4.69) is 4.98 Å². The molecule has 3 nitrogen and oxygen atoms in total. The third-order valence-electron chi connectivity index (χ3n) is 3.70. The summed E-state index contributed by atoms with van der Waals surface area (Å²) in [6.45, 7) is 2.33. The Bertz CT molecular complexity index is 487. The number of likely N-dealkylation sites (tertiary alicyclic amines) is 1. The maximum Gasteiger partial charge on any atom is 0.471 e. The second-order valence-electron chi connectivity index (χ2n) is 4.85. The van der Waals surface area contributed by atoms with Crippen molar-refractivity contribution >= 4 is 17.2 Å². The van der Waals surface area contributed by atoms with Gasteiger partial charge in [-0.1, -0.05) is 0 Å². The van der Waals surface area contributed by atoms with Crippen LogP contribution in [-0.4, -0.2) is 35.1 Å². The van der Waals surface area contributed by atoms with Crippen molar-refractivity contribution in [2.45, 2.75) is 19.0 Å². The summed E-state index contributed by atoms with van der Waals surface area (Å²) in [4.78, 5) is 16.4. The lowest BCUT2D eigenvalue weighted by Gasteiger charge is -2.20. The first kappa shape index (κ1) is 12.0. The zero-order valence-electron chi connectivity index (χ0n) is 9.57. The van der Waals surface area contributed by atoms with Crippen LogP contribution in [0.15, 0.2) is 5.38 Å². The molecule has 1 amide bonds. The number of carbonyl (C=O) groups is 1. The van der Waals surface area contributed by atoms with Crippen LogP contribution in [0.25, 0.3) is 0 Å². The summed E-state index contributed by atoms with van der Waals surface area (Å²) in [6.07, 6.45) is -4.75. The van der Waals surface area contributed by atoms with E-state index >= 15 is 0 Å². The molecule has 1 aromatic rings. The SMILES string of the molecule is Cc1nc(C2[C@H]3CN(C(=O)C(F)(F)F)C[C@@H]23)cs1. The van der Waals surface area contributed by atoms with Crippen LogP contribution in [0.3, 0.4) is 0 Å². The number of fused-ring (bicyclic) bond motifs is 1. The molecule has 1 aliphatic heterocycles. The predicted octanol–water partition coefficient (Wildman–Crippen LogP) is 2.19. The lowest BCUT2D eigenvalue weighted by molar-refractivity contribution is -0.184. The van der Waals surface area contributed by atoms with Gasteiger partial charge >= 0.3 is 12.1 Å². The number of amides is 1. The maximum atomic E-state index is 12.3. The minimum absolute atomic E-state index is 0.165. The van der Waals surface area contributed by atoms with E-state index in [1.807, 2.05) is 12.3 Å². The number of rotatable bonds is 1. The summed E-state index contributed by atoms with van der Waals surface area (Å²) in [7, 11) is 0. The molecule has 18 heavy (non-hydrogen) atoms. The van der Waals surface area contributed by atoms with Crippen molar-refractivity contribution in [2.75, 3.05) is 13.1 Å². The van der Waals surface area contributed by atoms with Crippen LogP contribution >= 0.6 is 11.3 Å². The average Bonchev–Trinajstić information content (AvgIpc) is 2.67. The first-order valence-corrected chi connectivity index (χ1v) is 6.54. The van der Waals surface area contributed by atoms with E-state index in [0.717, 1.165) is 15.6 Å². The quantitative estimate of drug-likeness (QED) is 0.787. The van der Waals surface area contributed by atoms with E-state index in [-0.39, 0.29) is 30.8 Å². The Morgan fingerprint density at radius 3 is 2.50 bits per heavy atom. The minimum Gasteiger partial charge on any atom is -0.334 e. The monoisotopic (exact) mass is 276 g/mol. The molecular weight excluding hydrogens is 265 g/mol. The van der Waals surface area contributed by atoms with Gasteiger partial charge in [-0.25, -0.2) is 4.98 Å². The highest BCUT2D eigenvalue weighted by molar-refractivity contribution is 7.09. The van der Waals surface area contributed by atoms with Gasteiger partial charge < -0.3 is 4.90 Å². The molecule has 2 fully saturated rings. The second kappa shape index (κ2) is 3.69. The van der Waals surface area contributed by atoms with Gasteiger partial charge in [0, 0.05) is 24.4 Å². The van der Waals surface area contributed by atoms with Gasteiger partial charge in [-0.2, -0.15) is 13.2 Å². The number of alkyl halides is 3. The van der Waals surface area contributed by atoms with E-state index in [9.17, 15) is 18.0 Å². The number of aryl methyl sites for hydroxylation is 1. The Morgan fingerprint density at radius 1 is 1.44 bits per heavy atom. The largest absolute Gasteiger partial charge is 0.471 e. The Labute approximate surface area is 106 Å². The van der Waals surface area contributed by atoms with Crippen molar-refractivity contribution in [3.63, 3.8) is 0 Å². The Hall–Kier alpha value is -1.11. The molecule has 3 rings (SSSR count). The lowest BCUT2D eigenvalue weighted by Crippen LogP contribution is -2.41. The summed E-state index contributed by atoms with van der Waals surface area (Å²) in [5.41, 5.74) is 0.978. The molecule has 0 aromatic carbocycles. The molecule has 1 aliphatic carbocycles. The van der Waals surface area contributed by atoms with E-state index < -0.39 is 12.1 Å². The summed E-state index contributed by atoms with van der Waals surface area (Å²) in [5, 5.41) is 2.94. The molecule has 0 radical (unpaired) electrons. The number of carbonyl (C=O) groups excluding carboxylic acids is 1. The molecule has 0 spiro atoms. The highest BCUT2D eigenvalue weighted by Gasteiger charge is 2.60. The zero-order chi connectivity index (χ0) is 13.1. The number of hydrogen-bond acceptors (Lipinski definition) is 3. The van der Waals surface area contributed by atoms with Crippen LogP contribution in [0.5, 0.6) is 0 Å². The molecule has 98 valence electrons. The molecule has 1 saturated heterocycles. The smallest absolute Gasteiger partial charge is 0.334 e. The van der Waals surface area contributed by atoms with Crippen molar-refractivity contribution in [3.8, 4) is 0 Å². The zero-order valence-corrected chi connectivity index (χ0v) is 10.4. The second-order valence-corrected chi connectivity index (χ2v) is 5.92. The highest BCUT2D eigenvalue weighted by atomic mass is 32.1. The van der Waals surface area contributed by atoms with Crippen LogP contribution < -0.4 is 0 Å². The maximum absolute atomic E-state index is 12.3. The van der Waals surface area contributed by atoms with E-state index in [1.54, 1.807) is 11.3 Å². The Morgan fingerprint density at radius 2 is 2.06 bits per heavy atom. The van der Waals surface area contributed by atoms with Crippen LogP contribution in [0.4, 0.5) is 13.2 Å². The third-order valence-corrected chi connectivity index (χ3v) is 4.49. The number of halogens is 3. The van der Waals surface area contributed by atoms with Gasteiger partial charge in [0.05, 0.1) is 10.7 Å². The van der Waals surface area contributed by atoms with E-state index in [1.165, 1.54) is 0 Å². The molecule has 2 aliphatic rings. The van der Waals surface area contributed by atoms with Crippen molar-refractivity contribution in [3.05, 3.63) is 16.1 Å². The van der Waals surface area contributed by atoms with Gasteiger partial charge in [0.2, 0.25) is 0 Å². The molecule has 7 heteroatoms. The lowest BCUT2D eigenvalue weighted by atomic mass is 10.2. The molecule has 3 atom stereocenters. The van der Waals surface area contributed by atoms with Gasteiger partial charge in [0.15, 0.2) is 0 Å². The number of nitrogens with zero attached hydrogens (tertiary/aromatic N) is 2. The number of hydrogen-bond donors (Lipinski definition) is 0. The summed E-state index contributed by atoms with van der Waals surface area (Å²) >= 11 is 1.55. The molecular formula is C11H11F3N2OS. The summed E-state index contributed by atoms with van der Waals surface area (Å²) < 4.78 is 36.8. The normalized spacial score (nSPS) is 30.4. The number of aromatic nitrogens is 1. The minimum atomic E-state index is -4.75. The van der Waals surface area contributed by atoms with Gasteiger partial charge in [0.25, 0.3) is 0 Å². The average molecular weight is 276 g/mol. The van der Waals surface area contributed by atoms with Crippen molar-refractivity contribution in [1.82, 2.24) is 9.88 Å². The Kier molecular flexibility index (Phi) is 2.45. The first-order chi connectivity index (χ1) is 8.38. The standard InChI is InChI=1S/C11H11F3N2OS/c1-5-15-8(4-18-5)9-6-2-16(3-7(6)9)10(17)11(12,13)14/h4,6-7,9H,2-3H2,1H3/t6-,7+,9?. The summed E-state index contributed by atoms with van der Waals surface area (Å²) in [5.74, 6) is -1.12. The van der Waals surface area contributed by atoms with Gasteiger partial charge in [0.1, 0.15) is 0 Å². The van der Waals surface area contributed by atoms with Crippen LogP contribution in [-0.2, 0) is 4.79 Å². The molecule has 1 saturated carbocycles. The number of piperidine rings is 1. The van der Waals surface area contributed by atoms with Crippen LogP contribution in [0.2, 0.25) is 0 Å². The Balaban J connectivity index is 1.64. The van der Waals surface area contributed by atoms with Crippen molar-refractivity contribution < 1.29 is 18.0 Å². The van der Waals surface area contributed by atoms with E-state index in [0.29, 0.717) is 0 Å². The predicted molar refractivity (Wildman–Crippen MR) is 59.2 cm³/mol. The molecule has 2 heterocycles. The fourth-order valence-corrected chi connectivity index (χ4v) is 3.50. The van der Waals surface area contributed by atoms with Crippen LogP contribution in [0, 0.1) is 18.8 Å². The molecule has 1 unspecified atom stereocenters. The van der Waals surface area contributed by atoms with Gasteiger partial charge in [-0.3, -0.25) is 4.79 Å². The third kappa shape index (κ3) is 1.81. The topological polar surface area (TPSA) is 33.2 Å². The van der Waals surface area contributed by atoms with Crippen molar-refractivity contribution in [1.29, 1.82) is 0 Å². The fourth-order valence-electron chi connectivity index (χ4n) is 2.84.